The molecule has 6 nitrogen and oxygen atoms in total. The summed E-state index contributed by atoms with van der Waals surface area (Å²) in [5.74, 6) is -0.554. The molecule has 1 atom stereocenters. The number of H-pyrrole nitrogens is 1. The number of carbonyl (C=O) groups excluding carboxylic acids is 2. The number of rotatable bonds is 2. The van der Waals surface area contributed by atoms with E-state index < -0.39 is 6.04 Å². The van der Waals surface area contributed by atoms with Gasteiger partial charge in [0, 0.05) is 31.5 Å². The van der Waals surface area contributed by atoms with Gasteiger partial charge in [-0.25, -0.2) is 0 Å². The lowest BCUT2D eigenvalue weighted by Gasteiger charge is -2.34. The van der Waals surface area contributed by atoms with Crippen LogP contribution in [0.5, 0.6) is 0 Å². The van der Waals surface area contributed by atoms with E-state index in [0.29, 0.717) is 18.7 Å². The van der Waals surface area contributed by atoms with Crippen molar-refractivity contribution in [3.8, 4) is 0 Å². The van der Waals surface area contributed by atoms with Crippen LogP contribution in [-0.2, 0) is 4.79 Å². The molecular weight excluding hydrogens is 258 g/mol. The van der Waals surface area contributed by atoms with Gasteiger partial charge in [0.15, 0.2) is 5.43 Å². The zero-order valence-electron chi connectivity index (χ0n) is 11.7. The first-order valence-corrected chi connectivity index (χ1v) is 6.76. The molecule has 1 aromatic rings. The number of piperidine rings is 1. The van der Waals surface area contributed by atoms with Crippen LogP contribution in [0, 0.1) is 6.92 Å². The fraction of sp³-hybridized carbons (Fsp3) is 0.500. The Morgan fingerprint density at radius 1 is 1.40 bits per heavy atom. The van der Waals surface area contributed by atoms with Gasteiger partial charge in [0.1, 0.15) is 11.6 Å². The zero-order valence-corrected chi connectivity index (χ0v) is 11.7. The van der Waals surface area contributed by atoms with Crippen molar-refractivity contribution in [3.05, 3.63) is 33.7 Å². The lowest BCUT2D eigenvalue weighted by molar-refractivity contribution is -0.126. The van der Waals surface area contributed by atoms with Gasteiger partial charge >= 0.3 is 0 Å². The summed E-state index contributed by atoms with van der Waals surface area (Å²) in [5.41, 5.74) is 0.479. The number of nitrogens with zero attached hydrogens (tertiary/aromatic N) is 1. The summed E-state index contributed by atoms with van der Waals surface area (Å²) in [6, 6.07) is 0.911. The number of carbonyl (C=O) groups is 2. The Labute approximate surface area is 117 Å². The van der Waals surface area contributed by atoms with E-state index in [4.69, 9.17) is 0 Å². The Kier molecular flexibility index (Phi) is 4.22. The molecule has 0 aliphatic carbocycles. The van der Waals surface area contributed by atoms with E-state index in [-0.39, 0.29) is 22.8 Å². The fourth-order valence-corrected chi connectivity index (χ4v) is 2.51. The average Bonchev–Trinajstić information content (AvgIpc) is 2.46. The minimum Gasteiger partial charge on any atom is -0.364 e. The lowest BCUT2D eigenvalue weighted by Crippen LogP contribution is -2.52. The zero-order chi connectivity index (χ0) is 14.7. The molecule has 2 rings (SSSR count). The topological polar surface area (TPSA) is 82.3 Å². The molecule has 1 fully saturated rings. The summed E-state index contributed by atoms with van der Waals surface area (Å²) in [5, 5.41) is 2.58. The monoisotopic (exact) mass is 277 g/mol. The first-order chi connectivity index (χ1) is 9.54. The number of hydrogen-bond donors (Lipinski definition) is 2. The van der Waals surface area contributed by atoms with Crippen molar-refractivity contribution in [1.29, 1.82) is 0 Å². The Bertz CT molecular complexity index is 579. The molecule has 108 valence electrons. The summed E-state index contributed by atoms with van der Waals surface area (Å²) >= 11 is 0. The molecule has 1 aliphatic rings. The molecule has 1 saturated heterocycles. The van der Waals surface area contributed by atoms with Gasteiger partial charge in [-0.3, -0.25) is 14.4 Å². The molecular formula is C14H19N3O3. The summed E-state index contributed by atoms with van der Waals surface area (Å²) < 4.78 is 0. The van der Waals surface area contributed by atoms with Crippen molar-refractivity contribution in [2.75, 3.05) is 13.6 Å². The van der Waals surface area contributed by atoms with Gasteiger partial charge in [0.2, 0.25) is 5.91 Å². The van der Waals surface area contributed by atoms with Crippen molar-refractivity contribution in [3.63, 3.8) is 0 Å². The van der Waals surface area contributed by atoms with Crippen LogP contribution in [0.2, 0.25) is 0 Å². The highest BCUT2D eigenvalue weighted by atomic mass is 16.2. The van der Waals surface area contributed by atoms with Crippen molar-refractivity contribution < 1.29 is 9.59 Å². The number of aryl methyl sites for hydroxylation is 1. The van der Waals surface area contributed by atoms with Crippen LogP contribution in [0.15, 0.2) is 17.1 Å². The van der Waals surface area contributed by atoms with E-state index in [0.717, 1.165) is 12.8 Å². The Hall–Kier alpha value is -2.11. The molecule has 6 heteroatoms. The second kappa shape index (κ2) is 5.90. The highest BCUT2D eigenvalue weighted by Crippen LogP contribution is 2.19. The van der Waals surface area contributed by atoms with Crippen LogP contribution in [0.25, 0.3) is 0 Å². The number of aromatic amines is 1. The second-order valence-corrected chi connectivity index (χ2v) is 5.02. The highest BCUT2D eigenvalue weighted by molar-refractivity contribution is 5.97. The Morgan fingerprint density at radius 3 is 2.80 bits per heavy atom. The predicted octanol–water partition coefficient (Wildman–Crippen LogP) is 0.424. The molecule has 1 aromatic heterocycles. The summed E-state index contributed by atoms with van der Waals surface area (Å²) in [6.07, 6.45) is 3.82. The minimum atomic E-state index is -0.484. The van der Waals surface area contributed by atoms with Crippen molar-refractivity contribution in [2.24, 2.45) is 0 Å². The molecule has 20 heavy (non-hydrogen) atoms. The Morgan fingerprint density at radius 2 is 2.15 bits per heavy atom. The molecule has 0 saturated carbocycles. The molecule has 2 amide bonds. The van der Waals surface area contributed by atoms with E-state index in [9.17, 15) is 14.4 Å². The van der Waals surface area contributed by atoms with Gasteiger partial charge < -0.3 is 15.2 Å². The number of pyridine rings is 1. The van der Waals surface area contributed by atoms with Crippen LogP contribution in [0.4, 0.5) is 0 Å². The van der Waals surface area contributed by atoms with E-state index in [1.54, 1.807) is 14.0 Å². The summed E-state index contributed by atoms with van der Waals surface area (Å²) in [6.45, 7) is 2.26. The molecule has 1 aliphatic heterocycles. The number of aromatic nitrogens is 1. The van der Waals surface area contributed by atoms with Crippen LogP contribution in [0.1, 0.15) is 35.3 Å². The molecule has 2 heterocycles. The normalized spacial score (nSPS) is 18.7. The first-order valence-electron chi connectivity index (χ1n) is 6.76. The number of hydrogen-bond acceptors (Lipinski definition) is 3. The maximum absolute atomic E-state index is 12.5. The first kappa shape index (κ1) is 14.3. The van der Waals surface area contributed by atoms with E-state index in [1.165, 1.54) is 17.2 Å². The van der Waals surface area contributed by atoms with Gasteiger partial charge in [0.05, 0.1) is 0 Å². The molecule has 0 bridgehead atoms. The third-order valence-electron chi connectivity index (χ3n) is 3.60. The van der Waals surface area contributed by atoms with Gasteiger partial charge in [-0.2, -0.15) is 0 Å². The predicted molar refractivity (Wildman–Crippen MR) is 74.5 cm³/mol. The SMILES string of the molecule is CNC(=O)C1CCCCN1C(=O)c1c[nH]c(C)cc1=O. The van der Waals surface area contributed by atoms with Crippen LogP contribution in [0.3, 0.4) is 0 Å². The van der Waals surface area contributed by atoms with Crippen molar-refractivity contribution >= 4 is 11.8 Å². The lowest BCUT2D eigenvalue weighted by atomic mass is 10.00. The van der Waals surface area contributed by atoms with Gasteiger partial charge in [-0.1, -0.05) is 0 Å². The molecule has 2 N–H and O–H groups in total. The van der Waals surface area contributed by atoms with E-state index >= 15 is 0 Å². The number of amides is 2. The fourth-order valence-electron chi connectivity index (χ4n) is 2.51. The van der Waals surface area contributed by atoms with Crippen molar-refractivity contribution in [2.45, 2.75) is 32.2 Å². The highest BCUT2D eigenvalue weighted by Gasteiger charge is 2.32. The third-order valence-corrected chi connectivity index (χ3v) is 3.60. The van der Waals surface area contributed by atoms with Gasteiger partial charge in [0.25, 0.3) is 5.91 Å². The molecule has 1 unspecified atom stereocenters. The van der Waals surface area contributed by atoms with Gasteiger partial charge in [-0.15, -0.1) is 0 Å². The third kappa shape index (κ3) is 2.74. The van der Waals surface area contributed by atoms with Crippen LogP contribution in [-0.4, -0.2) is 41.3 Å². The Balaban J connectivity index is 2.30. The smallest absolute Gasteiger partial charge is 0.259 e. The largest absolute Gasteiger partial charge is 0.364 e. The summed E-state index contributed by atoms with van der Waals surface area (Å²) in [4.78, 5) is 40.6. The van der Waals surface area contributed by atoms with Crippen molar-refractivity contribution in [1.82, 2.24) is 15.2 Å². The quantitative estimate of drug-likeness (QED) is 0.822. The molecule has 0 aromatic carbocycles. The number of likely N-dealkylation sites (tertiary alicyclic amines) is 1. The van der Waals surface area contributed by atoms with Crippen LogP contribution >= 0.6 is 0 Å². The summed E-state index contributed by atoms with van der Waals surface area (Å²) in [7, 11) is 1.55. The number of nitrogens with one attached hydrogen (secondary N) is 2. The van der Waals surface area contributed by atoms with Crippen LogP contribution < -0.4 is 10.7 Å². The maximum Gasteiger partial charge on any atom is 0.259 e. The minimum absolute atomic E-state index is 0.0893. The maximum atomic E-state index is 12.5. The van der Waals surface area contributed by atoms with E-state index in [2.05, 4.69) is 10.3 Å². The molecule has 0 spiro atoms. The average molecular weight is 277 g/mol. The number of likely N-dealkylation sites (N-methyl/N-ethyl adjacent to an activating group) is 1. The molecule has 0 radical (unpaired) electrons. The van der Waals surface area contributed by atoms with Gasteiger partial charge in [-0.05, 0) is 26.2 Å². The standard InChI is InChI=1S/C14H19N3O3/c1-9-7-12(18)10(8-16-9)14(20)17-6-4-3-5-11(17)13(19)15-2/h7-8,11H,3-6H2,1-2H3,(H,15,19)(H,16,18). The van der Waals surface area contributed by atoms with E-state index in [1.807, 2.05) is 0 Å². The second-order valence-electron chi connectivity index (χ2n) is 5.02.